The molecule has 7 nitrogen and oxygen atoms in total. The highest BCUT2D eigenvalue weighted by Gasteiger charge is 2.02. The standard InChI is InChI=1S/C8H28O7Si5/c1-10-6-8(9)7-11-4-3-5-17-13-19-15-20-14-18-12-16-2/h8-9H,3-7,16-20H2,1-2H3. The van der Waals surface area contributed by atoms with Gasteiger partial charge in [0.05, 0.1) is 13.2 Å². The Labute approximate surface area is 133 Å². The summed E-state index contributed by atoms with van der Waals surface area (Å²) in [7, 11) is -1.54. The van der Waals surface area contributed by atoms with Crippen LogP contribution < -0.4 is 0 Å². The second kappa shape index (κ2) is 17.9. The minimum absolute atomic E-state index is 0.297. The second-order valence-electron chi connectivity index (χ2n) is 4.05. The van der Waals surface area contributed by atoms with Gasteiger partial charge in [0.15, 0.2) is 0 Å². The Kier molecular flexibility index (Phi) is 18.6. The third-order valence-corrected chi connectivity index (χ3v) is 9.78. The molecular formula is C8H28O7Si5. The van der Waals surface area contributed by atoms with Crippen molar-refractivity contribution in [2.75, 3.05) is 26.9 Å². The number of ether oxygens (including phenoxy) is 2. The average molecular weight is 377 g/mol. The Morgan fingerprint density at radius 2 is 1.70 bits per heavy atom. The summed E-state index contributed by atoms with van der Waals surface area (Å²) in [5.41, 5.74) is 0. The molecule has 20 heavy (non-hydrogen) atoms. The summed E-state index contributed by atoms with van der Waals surface area (Å²) >= 11 is 0. The molecular weight excluding hydrogens is 349 g/mol. The van der Waals surface area contributed by atoms with E-state index in [1.54, 1.807) is 7.11 Å². The molecule has 0 amide bonds. The first kappa shape index (κ1) is 20.8. The molecule has 0 radical (unpaired) electrons. The number of hydrogen-bond acceptors (Lipinski definition) is 7. The molecule has 0 saturated heterocycles. The van der Waals surface area contributed by atoms with Crippen molar-refractivity contribution in [1.29, 1.82) is 0 Å². The van der Waals surface area contributed by atoms with Crippen LogP contribution in [0.1, 0.15) is 6.42 Å². The van der Waals surface area contributed by atoms with Crippen LogP contribution in [0.15, 0.2) is 0 Å². The van der Waals surface area contributed by atoms with Gasteiger partial charge in [0.25, 0.3) is 30.0 Å². The van der Waals surface area contributed by atoms with Crippen LogP contribution in [0, 0.1) is 0 Å². The Balaban J connectivity index is 2.99. The van der Waals surface area contributed by atoms with E-state index in [-0.39, 0.29) is 9.76 Å². The van der Waals surface area contributed by atoms with Gasteiger partial charge >= 0.3 is 0 Å². The van der Waals surface area contributed by atoms with Gasteiger partial charge in [-0.15, -0.1) is 0 Å². The van der Waals surface area contributed by atoms with Crippen molar-refractivity contribution < 1.29 is 31.0 Å². The first-order valence-electron chi connectivity index (χ1n) is 6.87. The summed E-state index contributed by atoms with van der Waals surface area (Å²) in [5.74, 6) is 0. The van der Waals surface area contributed by atoms with Gasteiger partial charge in [0, 0.05) is 13.7 Å². The minimum Gasteiger partial charge on any atom is -0.447 e. The minimum atomic E-state index is -0.817. The van der Waals surface area contributed by atoms with E-state index >= 15 is 0 Å². The van der Waals surface area contributed by atoms with Gasteiger partial charge in [-0.2, -0.15) is 0 Å². The van der Waals surface area contributed by atoms with Crippen molar-refractivity contribution in [2.45, 2.75) is 25.1 Å². The normalized spacial score (nSPS) is 15.8. The van der Waals surface area contributed by atoms with Crippen LogP contribution >= 0.6 is 0 Å². The maximum atomic E-state index is 9.34. The Hall–Kier alpha value is 0.804. The highest BCUT2D eigenvalue weighted by Crippen LogP contribution is 1.93. The van der Waals surface area contributed by atoms with Crippen LogP contribution in [0.5, 0.6) is 0 Å². The fourth-order valence-corrected chi connectivity index (χ4v) is 8.76. The van der Waals surface area contributed by atoms with Crippen LogP contribution in [0.3, 0.4) is 0 Å². The van der Waals surface area contributed by atoms with E-state index in [0.29, 0.717) is 19.8 Å². The molecule has 12 heteroatoms. The largest absolute Gasteiger partial charge is 0.447 e. The lowest BCUT2D eigenvalue weighted by Crippen LogP contribution is -2.21. The van der Waals surface area contributed by atoms with E-state index < -0.39 is 45.9 Å². The Morgan fingerprint density at radius 1 is 1.00 bits per heavy atom. The fourth-order valence-electron chi connectivity index (χ4n) is 1.26. The van der Waals surface area contributed by atoms with Gasteiger partial charge in [0.2, 0.25) is 0 Å². The smallest absolute Gasteiger partial charge is 0.286 e. The van der Waals surface area contributed by atoms with Crippen molar-refractivity contribution >= 4 is 49.5 Å². The average Bonchev–Trinajstić information content (AvgIpc) is 2.44. The molecule has 122 valence electrons. The van der Waals surface area contributed by atoms with E-state index in [1.165, 1.54) is 0 Å². The predicted molar refractivity (Wildman–Crippen MR) is 91.0 cm³/mol. The maximum absolute atomic E-state index is 9.34. The summed E-state index contributed by atoms with van der Waals surface area (Å²) in [6.07, 6.45) is 0.457. The van der Waals surface area contributed by atoms with E-state index in [4.69, 9.17) is 25.9 Å². The third-order valence-electron chi connectivity index (χ3n) is 2.20. The van der Waals surface area contributed by atoms with Crippen molar-refractivity contribution in [3.63, 3.8) is 0 Å². The topological polar surface area (TPSA) is 75.6 Å². The molecule has 0 saturated carbocycles. The summed E-state index contributed by atoms with van der Waals surface area (Å²) in [4.78, 5) is 0. The number of hydrogen-bond donors (Lipinski definition) is 1. The number of methoxy groups -OCH3 is 1. The summed E-state index contributed by atoms with van der Waals surface area (Å²) in [6.45, 7) is 3.43. The highest BCUT2D eigenvalue weighted by atomic mass is 28.4. The van der Waals surface area contributed by atoms with Crippen molar-refractivity contribution in [3.8, 4) is 0 Å². The zero-order valence-corrected chi connectivity index (χ0v) is 19.6. The van der Waals surface area contributed by atoms with Gasteiger partial charge in [-0.1, -0.05) is 6.55 Å². The van der Waals surface area contributed by atoms with Crippen LogP contribution in [0.4, 0.5) is 0 Å². The first-order chi connectivity index (χ1) is 9.81. The first-order valence-corrected chi connectivity index (χ1v) is 13.9. The molecule has 0 aliphatic carbocycles. The SMILES string of the molecule is COCC(O)COCCC[SiH2]O[SiH2]O[SiH2]O[SiH2]O[SiH2]C. The van der Waals surface area contributed by atoms with E-state index in [1.807, 2.05) is 0 Å². The monoisotopic (exact) mass is 376 g/mol. The molecule has 0 aromatic carbocycles. The maximum Gasteiger partial charge on any atom is 0.286 e. The molecule has 0 heterocycles. The second-order valence-corrected chi connectivity index (χ2v) is 13.0. The third kappa shape index (κ3) is 16.9. The van der Waals surface area contributed by atoms with E-state index in [0.717, 1.165) is 12.5 Å². The molecule has 0 aromatic rings. The Bertz CT molecular complexity index is 193. The van der Waals surface area contributed by atoms with Crippen molar-refractivity contribution in [2.24, 2.45) is 0 Å². The molecule has 0 aromatic heterocycles. The fraction of sp³-hybridized carbons (Fsp3) is 1.00. The molecule has 0 fully saturated rings. The molecule has 0 spiro atoms. The number of aliphatic hydroxyl groups excluding tert-OH is 1. The number of aliphatic hydroxyl groups is 1. The zero-order chi connectivity index (χ0) is 14.9. The Morgan fingerprint density at radius 3 is 2.40 bits per heavy atom. The number of rotatable bonds is 16. The molecule has 0 aliphatic heterocycles. The lowest BCUT2D eigenvalue weighted by atomic mass is 10.4. The summed E-state index contributed by atoms with van der Waals surface area (Å²) in [5, 5.41) is 9.34. The van der Waals surface area contributed by atoms with Gasteiger partial charge < -0.3 is 31.0 Å². The zero-order valence-electron chi connectivity index (χ0n) is 12.5. The van der Waals surface area contributed by atoms with E-state index in [9.17, 15) is 5.11 Å². The van der Waals surface area contributed by atoms with Gasteiger partial charge in [0.1, 0.15) is 25.6 Å². The molecule has 0 aliphatic rings. The van der Waals surface area contributed by atoms with Crippen LogP contribution in [0.2, 0.25) is 12.6 Å². The van der Waals surface area contributed by atoms with Crippen LogP contribution in [-0.4, -0.2) is 87.7 Å². The van der Waals surface area contributed by atoms with Gasteiger partial charge in [-0.3, -0.25) is 0 Å². The molecule has 1 unspecified atom stereocenters. The van der Waals surface area contributed by atoms with Gasteiger partial charge in [-0.25, -0.2) is 0 Å². The molecule has 1 atom stereocenters. The highest BCUT2D eigenvalue weighted by molar-refractivity contribution is 6.47. The van der Waals surface area contributed by atoms with Crippen LogP contribution in [-0.2, 0) is 25.9 Å². The van der Waals surface area contributed by atoms with E-state index in [2.05, 4.69) is 6.55 Å². The van der Waals surface area contributed by atoms with Crippen LogP contribution in [0.25, 0.3) is 0 Å². The van der Waals surface area contributed by atoms with Gasteiger partial charge in [-0.05, 0) is 12.5 Å². The quantitative estimate of drug-likeness (QED) is 0.218. The summed E-state index contributed by atoms with van der Waals surface area (Å²) in [6, 6.07) is 1.08. The lowest BCUT2D eigenvalue weighted by Gasteiger charge is -2.10. The van der Waals surface area contributed by atoms with Crippen molar-refractivity contribution in [3.05, 3.63) is 0 Å². The lowest BCUT2D eigenvalue weighted by molar-refractivity contribution is -0.00584. The summed E-state index contributed by atoms with van der Waals surface area (Å²) < 4.78 is 31.8. The molecule has 1 N–H and O–H groups in total. The van der Waals surface area contributed by atoms with Crippen molar-refractivity contribution in [1.82, 2.24) is 0 Å². The molecule has 0 rings (SSSR count). The molecule has 0 bridgehead atoms. The predicted octanol–water partition coefficient (Wildman–Crippen LogP) is -3.90.